The molecule has 0 aromatic carbocycles. The third-order valence-electron chi connectivity index (χ3n) is 5.73. The molecule has 0 spiro atoms. The highest BCUT2D eigenvalue weighted by Gasteiger charge is 2.48. The molecule has 2 aliphatic rings. The van der Waals surface area contributed by atoms with Crippen molar-refractivity contribution < 1.29 is 48.4 Å². The second-order valence-electron chi connectivity index (χ2n) is 8.16. The van der Waals surface area contributed by atoms with E-state index in [0.717, 1.165) is 27.6 Å². The van der Waals surface area contributed by atoms with Gasteiger partial charge in [-0.25, -0.2) is 9.59 Å². The number of H-pyrrole nitrogens is 1. The zero-order chi connectivity index (χ0) is 27.1. The first-order valence-electron chi connectivity index (χ1n) is 10.7. The highest BCUT2D eigenvalue weighted by molar-refractivity contribution is 7.45. The number of hydrogen-bond donors (Lipinski definition) is 7. The molecule has 2 aromatic rings. The fourth-order valence-electron chi connectivity index (χ4n) is 3.91. The number of hydrogen-bond acceptors (Lipinski definition) is 15. The summed E-state index contributed by atoms with van der Waals surface area (Å²) in [5.41, 5.74) is 2.85. The molecule has 9 atom stereocenters. The molecule has 2 saturated heterocycles. The van der Waals surface area contributed by atoms with Gasteiger partial charge in [0.2, 0.25) is 0 Å². The molecule has 212 valence electrons. The molecule has 4 heterocycles. The Morgan fingerprint density at radius 2 is 1.68 bits per heavy atom. The highest BCUT2D eigenvalue weighted by Crippen LogP contribution is 2.45. The van der Waals surface area contributed by atoms with Crippen LogP contribution < -0.4 is 33.7 Å². The fraction of sp³-hybridized carbons (Fsp3) is 0.556. The number of phosphoric ester groups is 1. The minimum atomic E-state index is -5.29. The molecule has 0 radical (unpaired) electrons. The monoisotopic (exact) mass is 566 g/mol. The summed E-state index contributed by atoms with van der Waals surface area (Å²) >= 11 is 0. The van der Waals surface area contributed by atoms with E-state index < -0.39 is 87.1 Å². The number of aromatic amines is 1. The lowest BCUT2D eigenvalue weighted by Gasteiger charge is -2.30. The molecule has 2 aromatic heterocycles. The number of aliphatic hydroxyl groups is 4. The van der Waals surface area contributed by atoms with Gasteiger partial charge in [0.15, 0.2) is 12.5 Å². The average molecular weight is 566 g/mol. The van der Waals surface area contributed by atoms with Gasteiger partial charge >= 0.3 is 11.4 Å². The Bertz CT molecular complexity index is 1350. The zero-order valence-electron chi connectivity index (χ0n) is 19.7. The maximum Gasteiger partial charge on any atom is 0.351 e. The smallest absolute Gasteiger partial charge is 0.351 e. The van der Waals surface area contributed by atoms with Gasteiger partial charge in [0, 0.05) is 18.5 Å². The van der Waals surface area contributed by atoms with E-state index in [0.29, 0.717) is 0 Å². The minimum absolute atomic E-state index is 0. The zero-order valence-corrected chi connectivity index (χ0v) is 20.6. The Kier molecular flexibility index (Phi) is 9.01. The predicted octanol–water partition coefficient (Wildman–Crippen LogP) is -4.51. The maximum absolute atomic E-state index is 12.5. The number of aromatic nitrogens is 4. The van der Waals surface area contributed by atoms with E-state index in [-0.39, 0.29) is 12.0 Å². The predicted molar refractivity (Wildman–Crippen MR) is 122 cm³/mol. The van der Waals surface area contributed by atoms with Crippen molar-refractivity contribution in [1.82, 2.24) is 25.3 Å². The second kappa shape index (κ2) is 11.5. The van der Waals surface area contributed by atoms with Crippen molar-refractivity contribution in [2.75, 3.05) is 18.9 Å². The molecule has 0 saturated carbocycles. The summed E-state index contributed by atoms with van der Waals surface area (Å²) in [6.45, 7) is -1.69. The third kappa shape index (κ3) is 5.92. The molecule has 1 unspecified atom stereocenters. The number of aliphatic hydroxyl groups excluding tert-OH is 4. The quantitative estimate of drug-likeness (QED) is 0.148. The molecular weight excluding hydrogens is 539 g/mol. The molecule has 19 nitrogen and oxygen atoms in total. The number of phosphoric acid groups is 1. The molecule has 0 bridgehead atoms. The van der Waals surface area contributed by atoms with Crippen molar-refractivity contribution in [1.29, 1.82) is 0 Å². The van der Waals surface area contributed by atoms with E-state index >= 15 is 0 Å². The van der Waals surface area contributed by atoms with Crippen LogP contribution in [0.15, 0.2) is 38.9 Å². The van der Waals surface area contributed by atoms with Crippen LogP contribution in [0.25, 0.3) is 0 Å². The molecule has 11 N–H and O–H groups in total. The van der Waals surface area contributed by atoms with Crippen molar-refractivity contribution in [2.45, 2.75) is 49.1 Å². The fourth-order valence-corrected chi connectivity index (χ4v) is 4.86. The molecule has 20 heteroatoms. The van der Waals surface area contributed by atoms with Crippen LogP contribution in [0.1, 0.15) is 12.5 Å². The minimum Gasteiger partial charge on any atom is -0.756 e. The van der Waals surface area contributed by atoms with Gasteiger partial charge in [-0.3, -0.25) is 23.5 Å². The molecule has 2 fully saturated rings. The van der Waals surface area contributed by atoms with Gasteiger partial charge in [-0.15, -0.1) is 0 Å². The number of rotatable bonds is 8. The van der Waals surface area contributed by atoms with Gasteiger partial charge in [0.05, 0.1) is 13.2 Å². The van der Waals surface area contributed by atoms with Crippen LogP contribution in [0.5, 0.6) is 0 Å². The van der Waals surface area contributed by atoms with Crippen molar-refractivity contribution in [3.05, 3.63) is 55.8 Å². The van der Waals surface area contributed by atoms with Crippen LogP contribution in [-0.4, -0.2) is 89.4 Å². The summed E-state index contributed by atoms with van der Waals surface area (Å²) in [5.74, 6) is -0.105. The first-order chi connectivity index (χ1) is 17.4. The van der Waals surface area contributed by atoms with E-state index in [4.69, 9.17) is 24.3 Å². The van der Waals surface area contributed by atoms with Gasteiger partial charge < -0.3 is 55.7 Å². The maximum atomic E-state index is 12.5. The topological polar surface area (TPSA) is 310 Å². The molecule has 4 rings (SSSR count). The summed E-state index contributed by atoms with van der Waals surface area (Å²) in [6.07, 6.45) is -10.5. The Morgan fingerprint density at radius 1 is 1.05 bits per heavy atom. The van der Waals surface area contributed by atoms with Gasteiger partial charge in [0.1, 0.15) is 42.4 Å². The largest absolute Gasteiger partial charge is 0.756 e. The molecule has 2 aliphatic heterocycles. The first kappa shape index (κ1) is 29.7. The normalized spacial score (nSPS) is 32.6. The molecule has 0 amide bonds. The van der Waals surface area contributed by atoms with E-state index in [1.807, 2.05) is 4.98 Å². The van der Waals surface area contributed by atoms with Crippen LogP contribution in [-0.2, 0) is 23.1 Å². The van der Waals surface area contributed by atoms with E-state index in [2.05, 4.69) is 4.98 Å². The first-order valence-corrected chi connectivity index (χ1v) is 12.1. The Balaban J connectivity index is 0.00000400. The second-order valence-corrected chi connectivity index (χ2v) is 9.52. The van der Waals surface area contributed by atoms with E-state index in [1.54, 1.807) is 0 Å². The summed E-state index contributed by atoms with van der Waals surface area (Å²) in [7, 11) is -5.29. The Hall–Kier alpha value is -2.81. The van der Waals surface area contributed by atoms with E-state index in [9.17, 15) is 44.3 Å². The number of quaternary nitrogens is 1. The Labute approximate surface area is 211 Å². The average Bonchev–Trinajstić information content (AvgIpc) is 3.28. The van der Waals surface area contributed by atoms with Crippen molar-refractivity contribution in [3.63, 3.8) is 0 Å². The van der Waals surface area contributed by atoms with Crippen LogP contribution in [0, 0.1) is 0 Å². The number of nitrogens with zero attached hydrogens (tertiary/aromatic N) is 3. The van der Waals surface area contributed by atoms with Gasteiger partial charge in [0.25, 0.3) is 13.4 Å². The summed E-state index contributed by atoms with van der Waals surface area (Å²) in [4.78, 5) is 53.2. The van der Waals surface area contributed by atoms with E-state index in [1.165, 1.54) is 6.07 Å². The number of ether oxygens (including phenoxy) is 2. The SMILES string of the molecule is Nc1ccn([C@@H]2O[C@H](CO)[C@@H](OP(=O)([O-])OC[C@H]3O[C@@H](n4ccc(=O)[nH]c4=O)[C@H](O)[C@@H]3O)[C@H]2O)c(=O)n1.[NH4+]. The molecule has 0 aliphatic carbocycles. The number of anilines is 1. The lowest BCUT2D eigenvalue weighted by molar-refractivity contribution is -0.236. The van der Waals surface area contributed by atoms with Crippen molar-refractivity contribution in [2.24, 2.45) is 0 Å². The van der Waals surface area contributed by atoms with Gasteiger partial charge in [-0.1, -0.05) is 0 Å². The third-order valence-corrected chi connectivity index (χ3v) is 6.69. The Morgan fingerprint density at radius 3 is 2.32 bits per heavy atom. The van der Waals surface area contributed by atoms with Crippen LogP contribution in [0.4, 0.5) is 5.82 Å². The standard InChI is InChI=1S/C18H24N5O13P.H3N/c19-9-1-3-22(17(29)20-9)16-13(28)14(7(5-24)34-16)36-37(31,32)33-6-8-11(26)12(27)15(35-8)23-4-2-10(25)21-18(23)30;/h1-4,7-8,11-16,24,26-28H,5-6H2,(H,31,32)(H2,19,20,29)(H,21,25,30);1H3/t7-,8-,11-,12-,13-,14-,15-,16-;/m1./s1. The summed E-state index contributed by atoms with van der Waals surface area (Å²) in [5, 5.41) is 40.6. The number of nitrogens with two attached hydrogens (primary N) is 1. The highest BCUT2D eigenvalue weighted by atomic mass is 31.2. The summed E-state index contributed by atoms with van der Waals surface area (Å²) in [6, 6.07) is 2.21. The molecule has 38 heavy (non-hydrogen) atoms. The van der Waals surface area contributed by atoms with Gasteiger partial charge in [-0.05, 0) is 6.07 Å². The van der Waals surface area contributed by atoms with Gasteiger partial charge in [-0.2, -0.15) is 4.98 Å². The van der Waals surface area contributed by atoms with Crippen LogP contribution >= 0.6 is 7.82 Å². The lowest BCUT2D eigenvalue weighted by Crippen LogP contribution is -2.39. The molecular formula is C18H27N6O13P. The van der Waals surface area contributed by atoms with Crippen LogP contribution in [0.3, 0.4) is 0 Å². The number of nitrogens with one attached hydrogen (secondary N) is 1. The van der Waals surface area contributed by atoms with Crippen molar-refractivity contribution >= 4 is 13.6 Å². The lowest BCUT2D eigenvalue weighted by atomic mass is 10.1. The van der Waals surface area contributed by atoms with Crippen molar-refractivity contribution in [3.8, 4) is 0 Å². The van der Waals surface area contributed by atoms with Crippen LogP contribution in [0.2, 0.25) is 0 Å². The number of nitrogen functional groups attached to an aromatic ring is 1. The summed E-state index contributed by atoms with van der Waals surface area (Å²) < 4.78 is 34.4.